The summed E-state index contributed by atoms with van der Waals surface area (Å²) in [5.74, 6) is -0.235. The number of carbonyl (C=O) groups is 2. The van der Waals surface area contributed by atoms with E-state index in [0.717, 1.165) is 21.0 Å². The predicted octanol–water partition coefficient (Wildman–Crippen LogP) is 4.98. The molecule has 0 radical (unpaired) electrons. The smallest absolute Gasteiger partial charge is 0.264 e. The van der Waals surface area contributed by atoms with E-state index in [2.05, 4.69) is 5.32 Å². The van der Waals surface area contributed by atoms with Crippen LogP contribution in [0.15, 0.2) is 114 Å². The molecule has 0 aliphatic carbocycles. The number of methoxy groups -OCH3 is 1. The van der Waals surface area contributed by atoms with Crippen LogP contribution in [0.4, 0.5) is 5.69 Å². The number of benzene rings is 4. The molecule has 0 aliphatic heterocycles. The zero-order valence-corrected chi connectivity index (χ0v) is 25.5. The normalized spacial score (nSPS) is 11.8. The summed E-state index contributed by atoms with van der Waals surface area (Å²) in [5.41, 5.74) is 2.91. The molecule has 4 aromatic carbocycles. The summed E-state index contributed by atoms with van der Waals surface area (Å²) >= 11 is 0. The summed E-state index contributed by atoms with van der Waals surface area (Å²) in [6.07, 6.45) is 0.248. The molecule has 9 heteroatoms. The first kappa shape index (κ1) is 31.3. The maximum atomic E-state index is 14.4. The fourth-order valence-corrected chi connectivity index (χ4v) is 6.21. The minimum absolute atomic E-state index is 0.0623. The summed E-state index contributed by atoms with van der Waals surface area (Å²) in [4.78, 5) is 29.5. The SMILES string of the molecule is CCNC(=O)[C@@H](Cc1ccccc1)N(Cc1cccc(OC)c1)C(=O)CN(c1ccc(C)cc1)S(=O)(=O)c1ccccc1. The fraction of sp³-hybridized carbons (Fsp3) is 0.235. The number of rotatable bonds is 13. The topological polar surface area (TPSA) is 96.0 Å². The third-order valence-electron chi connectivity index (χ3n) is 7.04. The highest BCUT2D eigenvalue weighted by Gasteiger charge is 2.34. The monoisotopic (exact) mass is 599 g/mol. The second-order valence-corrected chi connectivity index (χ2v) is 12.0. The van der Waals surface area contributed by atoms with Gasteiger partial charge in [0.25, 0.3) is 10.0 Å². The number of carbonyl (C=O) groups excluding carboxylic acids is 2. The van der Waals surface area contributed by atoms with E-state index in [9.17, 15) is 18.0 Å². The van der Waals surface area contributed by atoms with Crippen LogP contribution in [0.1, 0.15) is 23.6 Å². The van der Waals surface area contributed by atoms with Crippen molar-refractivity contribution >= 4 is 27.5 Å². The first-order valence-corrected chi connectivity index (χ1v) is 15.6. The zero-order valence-electron chi connectivity index (χ0n) is 24.6. The zero-order chi connectivity index (χ0) is 30.8. The fourth-order valence-electron chi connectivity index (χ4n) is 4.77. The Kier molecular flexibility index (Phi) is 10.6. The first-order valence-electron chi connectivity index (χ1n) is 14.1. The molecular weight excluding hydrogens is 562 g/mol. The molecule has 0 saturated heterocycles. The molecular formula is C34H37N3O5S. The summed E-state index contributed by atoms with van der Waals surface area (Å²) in [5, 5.41) is 2.87. The molecule has 8 nitrogen and oxygen atoms in total. The van der Waals surface area contributed by atoms with Crippen LogP contribution in [0.2, 0.25) is 0 Å². The van der Waals surface area contributed by atoms with Gasteiger partial charge in [0, 0.05) is 19.5 Å². The Bertz CT molecular complexity index is 1610. The summed E-state index contributed by atoms with van der Waals surface area (Å²) in [6, 6.07) is 30.8. The Labute approximate surface area is 254 Å². The third-order valence-corrected chi connectivity index (χ3v) is 8.83. The van der Waals surface area contributed by atoms with Gasteiger partial charge in [-0.2, -0.15) is 0 Å². The van der Waals surface area contributed by atoms with Gasteiger partial charge in [-0.1, -0.05) is 78.4 Å². The van der Waals surface area contributed by atoms with E-state index in [1.54, 1.807) is 61.7 Å². The first-order chi connectivity index (χ1) is 20.7. The van der Waals surface area contributed by atoms with Gasteiger partial charge < -0.3 is 15.0 Å². The number of amides is 2. The predicted molar refractivity (Wildman–Crippen MR) is 168 cm³/mol. The van der Waals surface area contributed by atoms with Gasteiger partial charge in [0.05, 0.1) is 17.7 Å². The molecule has 4 rings (SSSR count). The van der Waals surface area contributed by atoms with Gasteiger partial charge >= 0.3 is 0 Å². The molecule has 0 spiro atoms. The van der Waals surface area contributed by atoms with Crippen molar-refractivity contribution in [3.8, 4) is 5.75 Å². The van der Waals surface area contributed by atoms with Crippen molar-refractivity contribution < 1.29 is 22.7 Å². The molecule has 0 saturated carbocycles. The van der Waals surface area contributed by atoms with Gasteiger partial charge in [0.2, 0.25) is 11.8 Å². The van der Waals surface area contributed by atoms with Crippen molar-refractivity contribution in [2.75, 3.05) is 24.5 Å². The quantitative estimate of drug-likeness (QED) is 0.234. The van der Waals surface area contributed by atoms with Crippen molar-refractivity contribution in [3.05, 3.63) is 126 Å². The lowest BCUT2D eigenvalue weighted by atomic mass is 10.0. The average Bonchev–Trinajstić information content (AvgIpc) is 3.03. The molecule has 1 atom stereocenters. The van der Waals surface area contributed by atoms with Crippen LogP contribution < -0.4 is 14.4 Å². The lowest BCUT2D eigenvalue weighted by molar-refractivity contribution is -0.140. The van der Waals surface area contributed by atoms with Crippen LogP contribution >= 0.6 is 0 Å². The molecule has 0 aliphatic rings. The lowest BCUT2D eigenvalue weighted by Gasteiger charge is -2.34. The van der Waals surface area contributed by atoms with Crippen LogP contribution in [0.5, 0.6) is 5.75 Å². The number of hydrogen-bond donors (Lipinski definition) is 1. The van der Waals surface area contributed by atoms with Crippen molar-refractivity contribution in [2.45, 2.75) is 37.8 Å². The van der Waals surface area contributed by atoms with Crippen molar-refractivity contribution in [1.82, 2.24) is 10.2 Å². The maximum absolute atomic E-state index is 14.4. The average molecular weight is 600 g/mol. The Balaban J connectivity index is 1.79. The highest BCUT2D eigenvalue weighted by molar-refractivity contribution is 7.92. The number of ether oxygens (including phenoxy) is 1. The van der Waals surface area contributed by atoms with E-state index >= 15 is 0 Å². The molecule has 0 aromatic heterocycles. The van der Waals surface area contributed by atoms with Gasteiger partial charge in [0.15, 0.2) is 0 Å². The van der Waals surface area contributed by atoms with Gasteiger partial charge in [-0.05, 0) is 61.4 Å². The minimum atomic E-state index is -4.13. The molecule has 0 heterocycles. The standard InChI is InChI=1S/C34H37N3O5S/c1-4-35-34(39)32(23-27-12-7-5-8-13-27)36(24-28-14-11-15-30(22-28)42-3)33(38)25-37(29-20-18-26(2)19-21-29)43(40,41)31-16-9-6-10-17-31/h5-22,32H,4,23-25H2,1-3H3,(H,35,39)/t32-/m1/s1. The Morgan fingerprint density at radius 1 is 0.837 bits per heavy atom. The van der Waals surface area contributed by atoms with Crippen molar-refractivity contribution in [3.63, 3.8) is 0 Å². The van der Waals surface area contributed by atoms with E-state index in [0.29, 0.717) is 18.0 Å². The Morgan fingerprint density at radius 2 is 1.47 bits per heavy atom. The molecule has 224 valence electrons. The molecule has 0 fully saturated rings. The third kappa shape index (κ3) is 8.02. The number of aryl methyl sites for hydroxylation is 1. The van der Waals surface area contributed by atoms with Gasteiger partial charge in [0.1, 0.15) is 18.3 Å². The highest BCUT2D eigenvalue weighted by atomic mass is 32.2. The van der Waals surface area contributed by atoms with Gasteiger partial charge in [-0.15, -0.1) is 0 Å². The molecule has 2 amide bonds. The number of hydrogen-bond acceptors (Lipinski definition) is 5. The van der Waals surface area contributed by atoms with Crippen LogP contribution in [0.3, 0.4) is 0 Å². The molecule has 4 aromatic rings. The number of sulfonamides is 1. The van der Waals surface area contributed by atoms with Crippen molar-refractivity contribution in [2.24, 2.45) is 0 Å². The van der Waals surface area contributed by atoms with E-state index < -0.39 is 28.5 Å². The second-order valence-electron chi connectivity index (χ2n) is 10.1. The van der Waals surface area contributed by atoms with Crippen LogP contribution in [-0.2, 0) is 32.6 Å². The van der Waals surface area contributed by atoms with E-state index in [-0.39, 0.29) is 23.8 Å². The number of nitrogens with zero attached hydrogens (tertiary/aromatic N) is 2. The highest BCUT2D eigenvalue weighted by Crippen LogP contribution is 2.26. The maximum Gasteiger partial charge on any atom is 0.264 e. The number of likely N-dealkylation sites (N-methyl/N-ethyl adjacent to an activating group) is 1. The Hall–Kier alpha value is -4.63. The van der Waals surface area contributed by atoms with Crippen molar-refractivity contribution in [1.29, 1.82) is 0 Å². The summed E-state index contributed by atoms with van der Waals surface area (Å²) in [6.45, 7) is 3.66. The van der Waals surface area contributed by atoms with E-state index in [1.807, 2.05) is 56.3 Å². The molecule has 0 bridgehead atoms. The van der Waals surface area contributed by atoms with Crippen LogP contribution in [0, 0.1) is 6.92 Å². The summed E-state index contributed by atoms with van der Waals surface area (Å²) in [7, 11) is -2.57. The van der Waals surface area contributed by atoms with Gasteiger partial charge in [-0.25, -0.2) is 8.42 Å². The molecule has 43 heavy (non-hydrogen) atoms. The number of anilines is 1. The molecule has 0 unspecified atom stereocenters. The van der Waals surface area contributed by atoms with E-state index in [4.69, 9.17) is 4.74 Å². The molecule has 1 N–H and O–H groups in total. The summed E-state index contributed by atoms with van der Waals surface area (Å²) < 4.78 is 34.5. The minimum Gasteiger partial charge on any atom is -0.497 e. The largest absolute Gasteiger partial charge is 0.497 e. The lowest BCUT2D eigenvalue weighted by Crippen LogP contribution is -2.53. The van der Waals surface area contributed by atoms with Gasteiger partial charge in [-0.3, -0.25) is 13.9 Å². The second kappa shape index (κ2) is 14.5. The number of nitrogens with one attached hydrogen (secondary N) is 1. The van der Waals surface area contributed by atoms with Crippen LogP contribution in [-0.4, -0.2) is 51.4 Å². The van der Waals surface area contributed by atoms with Crippen LogP contribution in [0.25, 0.3) is 0 Å². The van der Waals surface area contributed by atoms with E-state index in [1.165, 1.54) is 17.0 Å². The Morgan fingerprint density at radius 3 is 2.09 bits per heavy atom.